The van der Waals surface area contributed by atoms with Crippen LogP contribution in [0.25, 0.3) is 20.2 Å². The second kappa shape index (κ2) is 13.7. The van der Waals surface area contributed by atoms with Crippen molar-refractivity contribution in [1.82, 2.24) is 21.3 Å². The van der Waals surface area contributed by atoms with E-state index in [0.717, 1.165) is 20.2 Å². The van der Waals surface area contributed by atoms with Gasteiger partial charge >= 0.3 is 5.97 Å². The highest BCUT2D eigenvalue weighted by Gasteiger charge is 2.28. The molecule has 0 radical (unpaired) electrons. The Kier molecular flexibility index (Phi) is 9.83. The largest absolute Gasteiger partial charge is 0.480 e. The highest BCUT2D eigenvalue weighted by Crippen LogP contribution is 2.26. The molecule has 5 amide bonds. The van der Waals surface area contributed by atoms with Crippen molar-refractivity contribution < 1.29 is 33.9 Å². The number of rotatable bonds is 13. The number of benzene rings is 2. The quantitative estimate of drug-likeness (QED) is 0.132. The minimum absolute atomic E-state index is 0.157. The number of carbonyl (C=O) groups excluding carboxylic acids is 5. The summed E-state index contributed by atoms with van der Waals surface area (Å²) in [6.45, 7) is -1.10. The number of carboxylic acid groups (broad SMARTS) is 1. The van der Waals surface area contributed by atoms with Crippen LogP contribution in [-0.2, 0) is 19.2 Å². The Morgan fingerprint density at radius 1 is 0.738 bits per heavy atom. The lowest BCUT2D eigenvalue weighted by Gasteiger charge is -2.23. The second-order valence-electron chi connectivity index (χ2n) is 9.21. The van der Waals surface area contributed by atoms with E-state index in [-0.39, 0.29) is 19.4 Å². The minimum atomic E-state index is -1.40. The maximum atomic E-state index is 13.3. The molecule has 0 saturated heterocycles. The second-order valence-corrected chi connectivity index (χ2v) is 11.4. The fourth-order valence-electron chi connectivity index (χ4n) is 4.02. The molecular weight excluding hydrogens is 582 g/mol. The first kappa shape index (κ1) is 30.1. The van der Waals surface area contributed by atoms with Crippen LogP contribution in [0.3, 0.4) is 0 Å². The standard InChI is InChI=1S/C28H27N5O7S2/c29-23(34)10-9-17(32-28(40)22-12-16-6-2-4-8-20(16)42-22)26(38)33-18(25(37)31-14-24(35)36)13-30-27(39)21-11-15-5-1-3-7-19(15)41-21/h1-8,11-12,17-18H,9-10,13-14H2,(H2,29,34)(H,30,39)(H,31,37)(H,32,40)(H,33,38)(H,35,36). The molecule has 0 aliphatic carbocycles. The van der Waals surface area contributed by atoms with Gasteiger partial charge in [0.2, 0.25) is 17.7 Å². The molecule has 218 valence electrons. The van der Waals surface area contributed by atoms with E-state index >= 15 is 0 Å². The summed E-state index contributed by atoms with van der Waals surface area (Å²) in [6, 6.07) is 15.4. The summed E-state index contributed by atoms with van der Waals surface area (Å²) in [6.07, 6.45) is -0.390. The maximum absolute atomic E-state index is 13.3. The van der Waals surface area contributed by atoms with Gasteiger partial charge in [-0.3, -0.25) is 28.8 Å². The molecule has 42 heavy (non-hydrogen) atoms. The van der Waals surface area contributed by atoms with E-state index in [1.165, 1.54) is 22.7 Å². The molecule has 4 rings (SSSR count). The van der Waals surface area contributed by atoms with E-state index in [0.29, 0.717) is 9.75 Å². The smallest absolute Gasteiger partial charge is 0.322 e. The Labute approximate surface area is 247 Å². The van der Waals surface area contributed by atoms with Gasteiger partial charge in [-0.1, -0.05) is 36.4 Å². The van der Waals surface area contributed by atoms with Gasteiger partial charge in [-0.05, 0) is 41.5 Å². The third kappa shape index (κ3) is 7.89. The zero-order chi connectivity index (χ0) is 30.2. The summed E-state index contributed by atoms with van der Waals surface area (Å²) in [4.78, 5) is 75.1. The van der Waals surface area contributed by atoms with Crippen molar-refractivity contribution in [2.75, 3.05) is 13.1 Å². The third-order valence-electron chi connectivity index (χ3n) is 6.11. The highest BCUT2D eigenvalue weighted by molar-refractivity contribution is 7.21. The fourth-order valence-corrected chi connectivity index (χ4v) is 5.97. The molecule has 2 aromatic heterocycles. The topological polar surface area (TPSA) is 197 Å². The molecule has 12 nitrogen and oxygen atoms in total. The number of fused-ring (bicyclic) bond motifs is 2. The van der Waals surface area contributed by atoms with Crippen LogP contribution in [0.1, 0.15) is 32.2 Å². The molecule has 0 aliphatic rings. The third-order valence-corrected chi connectivity index (χ3v) is 8.34. The normalized spacial score (nSPS) is 12.3. The number of carbonyl (C=O) groups is 6. The molecule has 0 saturated carbocycles. The number of hydrogen-bond acceptors (Lipinski definition) is 8. The Balaban J connectivity index is 1.48. The summed E-state index contributed by atoms with van der Waals surface area (Å²) < 4.78 is 1.75. The van der Waals surface area contributed by atoms with Gasteiger partial charge in [0.05, 0.1) is 9.75 Å². The summed E-state index contributed by atoms with van der Waals surface area (Å²) in [7, 11) is 0. The van der Waals surface area contributed by atoms with Crippen molar-refractivity contribution in [2.45, 2.75) is 24.9 Å². The summed E-state index contributed by atoms with van der Waals surface area (Å²) in [5.41, 5.74) is 5.27. The molecule has 2 atom stereocenters. The van der Waals surface area contributed by atoms with Crippen LogP contribution in [0.5, 0.6) is 0 Å². The Morgan fingerprint density at radius 3 is 1.86 bits per heavy atom. The van der Waals surface area contributed by atoms with E-state index in [4.69, 9.17) is 10.8 Å². The van der Waals surface area contributed by atoms with Crippen LogP contribution in [-0.4, -0.2) is 65.8 Å². The van der Waals surface area contributed by atoms with Crippen molar-refractivity contribution in [3.05, 3.63) is 70.4 Å². The van der Waals surface area contributed by atoms with E-state index < -0.39 is 54.1 Å². The van der Waals surface area contributed by atoms with Crippen molar-refractivity contribution >= 4 is 78.4 Å². The lowest BCUT2D eigenvalue weighted by molar-refractivity contribution is -0.138. The van der Waals surface area contributed by atoms with Crippen LogP contribution in [0, 0.1) is 0 Å². The van der Waals surface area contributed by atoms with Gasteiger partial charge in [0.1, 0.15) is 18.6 Å². The number of aliphatic carboxylic acids is 1. The average Bonchev–Trinajstić information content (AvgIpc) is 3.60. The van der Waals surface area contributed by atoms with Crippen LogP contribution in [0.15, 0.2) is 60.7 Å². The van der Waals surface area contributed by atoms with Crippen LogP contribution in [0.2, 0.25) is 0 Å². The minimum Gasteiger partial charge on any atom is -0.480 e. The Hall–Kier alpha value is -4.82. The molecule has 0 aliphatic heterocycles. The summed E-state index contributed by atoms with van der Waals surface area (Å²) in [5, 5.41) is 20.5. The number of nitrogens with two attached hydrogens (primary N) is 1. The van der Waals surface area contributed by atoms with Crippen molar-refractivity contribution in [3.8, 4) is 0 Å². The number of hydrogen-bond donors (Lipinski definition) is 6. The number of primary amides is 1. The van der Waals surface area contributed by atoms with Crippen molar-refractivity contribution in [3.63, 3.8) is 0 Å². The molecule has 7 N–H and O–H groups in total. The lowest BCUT2D eigenvalue weighted by atomic mass is 10.1. The van der Waals surface area contributed by atoms with Gasteiger partial charge in [0.15, 0.2) is 0 Å². The molecule has 2 unspecified atom stereocenters. The Morgan fingerprint density at radius 2 is 1.31 bits per heavy atom. The number of thiophene rings is 2. The van der Waals surface area contributed by atoms with Crippen LogP contribution >= 0.6 is 22.7 Å². The molecular formula is C28H27N5O7S2. The Bertz CT molecular complexity index is 1600. The number of carboxylic acids is 1. The SMILES string of the molecule is NC(=O)CCC(NC(=O)c1cc2ccccc2s1)C(=O)NC(CNC(=O)c1cc2ccccc2s1)C(=O)NCC(=O)O. The van der Waals surface area contributed by atoms with E-state index in [9.17, 15) is 28.8 Å². The first-order valence-corrected chi connectivity index (χ1v) is 14.4. The summed E-state index contributed by atoms with van der Waals surface area (Å²) >= 11 is 2.47. The van der Waals surface area contributed by atoms with E-state index in [1.807, 2.05) is 48.5 Å². The first-order valence-electron chi connectivity index (χ1n) is 12.7. The number of amides is 5. The lowest BCUT2D eigenvalue weighted by Crippen LogP contribution is -2.57. The molecule has 2 aromatic carbocycles. The van der Waals surface area contributed by atoms with Gasteiger partial charge in [-0.25, -0.2) is 0 Å². The monoisotopic (exact) mass is 609 g/mol. The highest BCUT2D eigenvalue weighted by atomic mass is 32.1. The van der Waals surface area contributed by atoms with Crippen molar-refractivity contribution in [1.29, 1.82) is 0 Å². The zero-order valence-corrected chi connectivity index (χ0v) is 23.7. The average molecular weight is 610 g/mol. The molecule has 0 bridgehead atoms. The molecule has 0 spiro atoms. The van der Waals surface area contributed by atoms with Crippen LogP contribution in [0.4, 0.5) is 0 Å². The molecule has 14 heteroatoms. The maximum Gasteiger partial charge on any atom is 0.322 e. The van der Waals surface area contributed by atoms with Gasteiger partial charge in [-0.15, -0.1) is 22.7 Å². The fraction of sp³-hybridized carbons (Fsp3) is 0.214. The first-order chi connectivity index (χ1) is 20.1. The van der Waals surface area contributed by atoms with Gasteiger partial charge in [0.25, 0.3) is 11.8 Å². The predicted octanol–water partition coefficient (Wildman–Crippen LogP) is 1.60. The summed E-state index contributed by atoms with van der Waals surface area (Å²) in [5.74, 6) is -4.76. The molecule has 2 heterocycles. The van der Waals surface area contributed by atoms with Gasteiger partial charge < -0.3 is 32.1 Å². The molecule has 4 aromatic rings. The van der Waals surface area contributed by atoms with Gasteiger partial charge in [0, 0.05) is 22.4 Å². The van der Waals surface area contributed by atoms with Crippen molar-refractivity contribution in [2.24, 2.45) is 5.73 Å². The van der Waals surface area contributed by atoms with E-state index in [2.05, 4.69) is 21.3 Å². The van der Waals surface area contributed by atoms with Crippen LogP contribution < -0.4 is 27.0 Å². The zero-order valence-electron chi connectivity index (χ0n) is 22.0. The molecule has 0 fully saturated rings. The van der Waals surface area contributed by atoms with E-state index in [1.54, 1.807) is 12.1 Å². The predicted molar refractivity (Wildman–Crippen MR) is 158 cm³/mol. The number of nitrogens with one attached hydrogen (secondary N) is 4. The van der Waals surface area contributed by atoms with Gasteiger partial charge in [-0.2, -0.15) is 0 Å².